The van der Waals surface area contributed by atoms with Crippen molar-refractivity contribution in [3.8, 4) is 0 Å². The number of carbonyl (C=O) groups is 2. The molecule has 1 aromatic rings. The zero-order valence-electron chi connectivity index (χ0n) is 11.7. The highest BCUT2D eigenvalue weighted by Gasteiger charge is 2.10. The van der Waals surface area contributed by atoms with Crippen LogP contribution < -0.4 is 10.9 Å². The maximum Gasteiger partial charge on any atom is 0.271 e. The molecule has 0 radical (unpaired) electrons. The van der Waals surface area contributed by atoms with E-state index in [1.54, 1.807) is 27.1 Å². The molecular formula is C13H19N3O3. The van der Waals surface area contributed by atoms with Crippen LogP contribution >= 0.6 is 0 Å². The number of nitrogens with zero attached hydrogens (tertiary/aromatic N) is 1. The van der Waals surface area contributed by atoms with Crippen molar-refractivity contribution in [3.05, 3.63) is 27.7 Å². The van der Waals surface area contributed by atoms with Crippen LogP contribution in [0.25, 0.3) is 0 Å². The highest BCUT2D eigenvalue weighted by atomic mass is 16.2. The van der Waals surface area contributed by atoms with Crippen LogP contribution in [-0.2, 0) is 9.59 Å². The van der Waals surface area contributed by atoms with Gasteiger partial charge in [0.05, 0.1) is 0 Å². The molecule has 0 bridgehead atoms. The Bertz CT molecular complexity index is 547. The molecule has 1 rings (SSSR count). The molecule has 6 heteroatoms. The van der Waals surface area contributed by atoms with Crippen LogP contribution in [-0.4, -0.2) is 35.8 Å². The Labute approximate surface area is 111 Å². The fourth-order valence-electron chi connectivity index (χ4n) is 1.48. The molecule has 0 atom stereocenters. The van der Waals surface area contributed by atoms with Crippen molar-refractivity contribution in [1.82, 2.24) is 9.88 Å². The van der Waals surface area contributed by atoms with Crippen LogP contribution in [0.5, 0.6) is 0 Å². The van der Waals surface area contributed by atoms with E-state index in [1.807, 2.05) is 6.92 Å². The maximum atomic E-state index is 11.7. The van der Waals surface area contributed by atoms with Crippen LogP contribution in [0.3, 0.4) is 0 Å². The Hall–Kier alpha value is -2.11. The van der Waals surface area contributed by atoms with Crippen LogP contribution in [0.4, 0.5) is 5.69 Å². The molecule has 0 aliphatic heterocycles. The van der Waals surface area contributed by atoms with Gasteiger partial charge < -0.3 is 15.2 Å². The Morgan fingerprint density at radius 1 is 1.26 bits per heavy atom. The SMILES string of the molecule is Cc1cc(NC(=O)CCC(=O)N(C)C)c(=O)[nH]c1C. The molecule has 1 aromatic heterocycles. The number of nitrogens with one attached hydrogen (secondary N) is 2. The number of aryl methyl sites for hydroxylation is 2. The Balaban J connectivity index is 2.65. The highest BCUT2D eigenvalue weighted by molar-refractivity contribution is 5.93. The van der Waals surface area contributed by atoms with Gasteiger partial charge in [0.1, 0.15) is 5.69 Å². The van der Waals surface area contributed by atoms with E-state index in [9.17, 15) is 14.4 Å². The molecular weight excluding hydrogens is 246 g/mol. The van der Waals surface area contributed by atoms with Gasteiger partial charge in [-0.15, -0.1) is 0 Å². The van der Waals surface area contributed by atoms with E-state index in [0.29, 0.717) is 0 Å². The van der Waals surface area contributed by atoms with E-state index in [-0.39, 0.29) is 35.9 Å². The van der Waals surface area contributed by atoms with Crippen molar-refractivity contribution in [1.29, 1.82) is 0 Å². The molecule has 2 amide bonds. The van der Waals surface area contributed by atoms with Gasteiger partial charge in [0, 0.05) is 32.6 Å². The van der Waals surface area contributed by atoms with E-state index in [2.05, 4.69) is 10.3 Å². The van der Waals surface area contributed by atoms with Crippen LogP contribution in [0.2, 0.25) is 0 Å². The Kier molecular flexibility index (Phi) is 4.86. The normalized spacial score (nSPS) is 10.1. The second kappa shape index (κ2) is 6.17. The molecule has 1 heterocycles. The first-order valence-corrected chi connectivity index (χ1v) is 6.01. The number of anilines is 1. The van der Waals surface area contributed by atoms with Crippen molar-refractivity contribution in [2.24, 2.45) is 0 Å². The number of pyridine rings is 1. The zero-order valence-corrected chi connectivity index (χ0v) is 11.7. The molecule has 104 valence electrons. The summed E-state index contributed by atoms with van der Waals surface area (Å²) in [6, 6.07) is 1.62. The minimum absolute atomic E-state index is 0.0589. The fourth-order valence-corrected chi connectivity index (χ4v) is 1.48. The number of carbonyl (C=O) groups excluding carboxylic acids is 2. The van der Waals surface area contributed by atoms with Crippen molar-refractivity contribution in [2.75, 3.05) is 19.4 Å². The van der Waals surface area contributed by atoms with Gasteiger partial charge in [0.25, 0.3) is 5.56 Å². The van der Waals surface area contributed by atoms with Crippen molar-refractivity contribution >= 4 is 17.5 Å². The molecule has 0 saturated carbocycles. The Morgan fingerprint density at radius 3 is 2.47 bits per heavy atom. The van der Waals surface area contributed by atoms with Crippen LogP contribution in [0.1, 0.15) is 24.1 Å². The summed E-state index contributed by atoms with van der Waals surface area (Å²) >= 11 is 0. The first kappa shape index (κ1) is 14.9. The first-order valence-electron chi connectivity index (χ1n) is 6.01. The number of amides is 2. The third-order valence-corrected chi connectivity index (χ3v) is 2.84. The minimum Gasteiger partial charge on any atom is -0.349 e. The Morgan fingerprint density at radius 2 is 1.89 bits per heavy atom. The van der Waals surface area contributed by atoms with Crippen LogP contribution in [0.15, 0.2) is 10.9 Å². The molecule has 19 heavy (non-hydrogen) atoms. The maximum absolute atomic E-state index is 11.7. The number of H-pyrrole nitrogens is 1. The lowest BCUT2D eigenvalue weighted by atomic mass is 10.2. The number of aromatic amines is 1. The van der Waals surface area contributed by atoms with Gasteiger partial charge in [-0.05, 0) is 25.5 Å². The average molecular weight is 265 g/mol. The van der Waals surface area contributed by atoms with E-state index >= 15 is 0 Å². The van der Waals surface area contributed by atoms with Crippen molar-refractivity contribution < 1.29 is 9.59 Å². The largest absolute Gasteiger partial charge is 0.349 e. The summed E-state index contributed by atoms with van der Waals surface area (Å²) in [6.45, 7) is 3.63. The predicted octanol–water partition coefficient (Wildman–Crippen LogP) is 0.799. The summed E-state index contributed by atoms with van der Waals surface area (Å²) in [7, 11) is 3.27. The fraction of sp³-hybridized carbons (Fsp3) is 0.462. The van der Waals surface area contributed by atoms with Crippen LogP contribution in [0, 0.1) is 13.8 Å². The summed E-state index contributed by atoms with van der Waals surface area (Å²) in [5, 5.41) is 2.52. The summed E-state index contributed by atoms with van der Waals surface area (Å²) in [5.74, 6) is -0.465. The molecule has 0 aromatic carbocycles. The predicted molar refractivity (Wildman–Crippen MR) is 73.1 cm³/mol. The van der Waals surface area contributed by atoms with Gasteiger partial charge in [-0.3, -0.25) is 14.4 Å². The number of rotatable bonds is 4. The highest BCUT2D eigenvalue weighted by Crippen LogP contribution is 2.07. The number of aromatic nitrogens is 1. The monoisotopic (exact) mass is 265 g/mol. The second-order valence-electron chi connectivity index (χ2n) is 4.66. The molecule has 6 nitrogen and oxygen atoms in total. The van der Waals surface area contributed by atoms with E-state index in [0.717, 1.165) is 11.3 Å². The van der Waals surface area contributed by atoms with Crippen molar-refractivity contribution in [2.45, 2.75) is 26.7 Å². The third-order valence-electron chi connectivity index (χ3n) is 2.84. The lowest BCUT2D eigenvalue weighted by Crippen LogP contribution is -2.25. The standard InChI is InChI=1S/C13H19N3O3/c1-8-7-10(13(19)14-9(8)2)15-11(17)5-6-12(18)16(3)4/h7H,5-6H2,1-4H3,(H,14,19)(H,15,17). The van der Waals surface area contributed by atoms with Gasteiger partial charge in [0.2, 0.25) is 11.8 Å². The smallest absolute Gasteiger partial charge is 0.271 e. The molecule has 0 aliphatic rings. The lowest BCUT2D eigenvalue weighted by molar-refractivity contribution is -0.130. The van der Waals surface area contributed by atoms with Crippen molar-refractivity contribution in [3.63, 3.8) is 0 Å². The lowest BCUT2D eigenvalue weighted by Gasteiger charge is -2.10. The number of hydrogen-bond acceptors (Lipinski definition) is 3. The summed E-state index contributed by atoms with van der Waals surface area (Å²) < 4.78 is 0. The topological polar surface area (TPSA) is 82.3 Å². The summed E-state index contributed by atoms with van der Waals surface area (Å²) in [5.41, 5.74) is 1.53. The van der Waals surface area contributed by atoms with Gasteiger partial charge in [-0.2, -0.15) is 0 Å². The van der Waals surface area contributed by atoms with Gasteiger partial charge in [-0.1, -0.05) is 0 Å². The molecule has 0 aliphatic carbocycles. The zero-order chi connectivity index (χ0) is 14.6. The average Bonchev–Trinajstić information content (AvgIpc) is 2.32. The molecule has 0 spiro atoms. The van der Waals surface area contributed by atoms with Gasteiger partial charge in [-0.25, -0.2) is 0 Å². The molecule has 2 N–H and O–H groups in total. The quantitative estimate of drug-likeness (QED) is 0.844. The molecule has 0 unspecified atom stereocenters. The van der Waals surface area contributed by atoms with E-state index in [1.165, 1.54) is 4.90 Å². The minimum atomic E-state index is -0.344. The van der Waals surface area contributed by atoms with E-state index < -0.39 is 0 Å². The van der Waals surface area contributed by atoms with Gasteiger partial charge >= 0.3 is 0 Å². The van der Waals surface area contributed by atoms with E-state index in [4.69, 9.17) is 0 Å². The number of hydrogen-bond donors (Lipinski definition) is 2. The van der Waals surface area contributed by atoms with Gasteiger partial charge in [0.15, 0.2) is 0 Å². The second-order valence-corrected chi connectivity index (χ2v) is 4.66. The summed E-state index contributed by atoms with van der Waals surface area (Å²) in [6.07, 6.45) is 0.185. The third kappa shape index (κ3) is 4.24. The molecule has 0 saturated heterocycles. The summed E-state index contributed by atoms with van der Waals surface area (Å²) in [4.78, 5) is 38.7. The first-order chi connectivity index (χ1) is 8.81. The molecule has 0 fully saturated rings.